The Hall–Kier alpha value is -1.52. The molecule has 0 saturated carbocycles. The summed E-state index contributed by atoms with van der Waals surface area (Å²) >= 11 is 7.77. The Morgan fingerprint density at radius 1 is 1.38 bits per heavy atom. The van der Waals surface area contributed by atoms with E-state index in [2.05, 4.69) is 14.9 Å². The van der Waals surface area contributed by atoms with Gasteiger partial charge in [0.05, 0.1) is 42.6 Å². The van der Waals surface area contributed by atoms with Gasteiger partial charge in [-0.3, -0.25) is 9.69 Å². The first-order chi connectivity index (χ1) is 14.0. The number of aromatic nitrogens is 2. The summed E-state index contributed by atoms with van der Waals surface area (Å²) in [6.07, 6.45) is 1.42. The van der Waals surface area contributed by atoms with Crippen LogP contribution in [0.4, 0.5) is 5.82 Å². The third-order valence-electron chi connectivity index (χ3n) is 5.35. The highest BCUT2D eigenvalue weighted by Gasteiger charge is 2.23. The Kier molecular flexibility index (Phi) is 6.50. The predicted octanol–water partition coefficient (Wildman–Crippen LogP) is 1.60. The second-order valence-electron chi connectivity index (χ2n) is 7.62. The third-order valence-corrected chi connectivity index (χ3v) is 6.62. The minimum atomic E-state index is -0.327. The molecule has 1 N–H and O–H groups in total. The van der Waals surface area contributed by atoms with Crippen molar-refractivity contribution in [2.45, 2.75) is 25.5 Å². The summed E-state index contributed by atoms with van der Waals surface area (Å²) in [5.41, 5.74) is 0.812. The number of aliphatic hydroxyl groups is 1. The first-order valence-corrected chi connectivity index (χ1v) is 11.1. The molecule has 2 aromatic rings. The van der Waals surface area contributed by atoms with Crippen molar-refractivity contribution in [1.82, 2.24) is 19.8 Å². The molecule has 158 valence electrons. The number of thiophene rings is 1. The van der Waals surface area contributed by atoms with Gasteiger partial charge >= 0.3 is 0 Å². The number of carbonyl (C=O) groups is 1. The normalized spacial score (nSPS) is 20.9. The van der Waals surface area contributed by atoms with Crippen molar-refractivity contribution in [3.8, 4) is 0 Å². The van der Waals surface area contributed by atoms with Crippen molar-refractivity contribution in [3.63, 3.8) is 0 Å². The zero-order chi connectivity index (χ0) is 20.4. The fourth-order valence-corrected chi connectivity index (χ4v) is 5.15. The van der Waals surface area contributed by atoms with E-state index in [0.717, 1.165) is 53.4 Å². The standard InChI is InChI=1S/C19H26ClN5O3S/c1-23(16(27)12-24-4-2-3-13(26)10-24)11-14-9-15-17(29-14)18(22-19(20)21-15)25-5-7-28-8-6-25/h9,13,26H,2-8,10-12H2,1H3. The molecule has 8 nitrogen and oxygen atoms in total. The van der Waals surface area contributed by atoms with E-state index in [1.165, 1.54) is 0 Å². The number of hydrogen-bond donors (Lipinski definition) is 1. The van der Waals surface area contributed by atoms with E-state index in [1.54, 1.807) is 16.2 Å². The molecule has 2 fully saturated rings. The Bertz CT molecular complexity index is 873. The van der Waals surface area contributed by atoms with Crippen LogP contribution in [0.1, 0.15) is 17.7 Å². The van der Waals surface area contributed by atoms with Crippen LogP contribution in [0.25, 0.3) is 10.2 Å². The molecule has 4 heterocycles. The second kappa shape index (κ2) is 9.09. The van der Waals surface area contributed by atoms with Crippen LogP contribution in [0.2, 0.25) is 5.28 Å². The first kappa shape index (κ1) is 20.7. The van der Waals surface area contributed by atoms with Crippen LogP contribution in [0.15, 0.2) is 6.07 Å². The van der Waals surface area contributed by atoms with Crippen LogP contribution >= 0.6 is 22.9 Å². The van der Waals surface area contributed by atoms with Gasteiger partial charge in [-0.05, 0) is 37.1 Å². The highest BCUT2D eigenvalue weighted by atomic mass is 35.5. The fraction of sp³-hybridized carbons (Fsp3) is 0.632. The summed E-state index contributed by atoms with van der Waals surface area (Å²) in [5, 5.41) is 10.0. The molecule has 0 bridgehead atoms. The molecule has 0 aliphatic carbocycles. The highest BCUT2D eigenvalue weighted by molar-refractivity contribution is 7.19. The zero-order valence-electron chi connectivity index (χ0n) is 16.5. The maximum Gasteiger partial charge on any atom is 0.236 e. The van der Waals surface area contributed by atoms with Crippen molar-refractivity contribution < 1.29 is 14.6 Å². The number of fused-ring (bicyclic) bond motifs is 1. The second-order valence-corrected chi connectivity index (χ2v) is 9.10. The lowest BCUT2D eigenvalue weighted by atomic mass is 10.1. The maximum atomic E-state index is 12.6. The van der Waals surface area contributed by atoms with Crippen LogP contribution in [-0.2, 0) is 16.1 Å². The molecular weight excluding hydrogens is 414 g/mol. The van der Waals surface area contributed by atoms with Crippen LogP contribution in [-0.4, -0.2) is 89.9 Å². The number of likely N-dealkylation sites (N-methyl/N-ethyl adjacent to an activating group) is 1. The molecule has 1 atom stereocenters. The lowest BCUT2D eigenvalue weighted by Crippen LogP contribution is -2.44. The number of aliphatic hydroxyl groups excluding tert-OH is 1. The van der Waals surface area contributed by atoms with Gasteiger partial charge in [-0.25, -0.2) is 4.98 Å². The third kappa shape index (κ3) is 4.97. The van der Waals surface area contributed by atoms with E-state index in [9.17, 15) is 9.90 Å². The molecule has 29 heavy (non-hydrogen) atoms. The summed E-state index contributed by atoms with van der Waals surface area (Å²) in [7, 11) is 1.81. The summed E-state index contributed by atoms with van der Waals surface area (Å²) < 4.78 is 6.43. The molecule has 1 amide bonds. The Morgan fingerprint density at radius 2 is 2.17 bits per heavy atom. The number of carbonyl (C=O) groups excluding carboxylic acids is 1. The minimum absolute atomic E-state index is 0.0501. The number of anilines is 1. The topological polar surface area (TPSA) is 82.0 Å². The number of likely N-dealkylation sites (tertiary alicyclic amines) is 1. The van der Waals surface area contributed by atoms with Crippen LogP contribution in [0.3, 0.4) is 0 Å². The SMILES string of the molecule is CN(Cc1cc2nc(Cl)nc(N3CCOCC3)c2s1)C(=O)CN1CCCC(O)C1. The zero-order valence-corrected chi connectivity index (χ0v) is 18.1. The van der Waals surface area contributed by atoms with Crippen molar-refractivity contribution in [2.75, 3.05) is 57.9 Å². The summed E-state index contributed by atoms with van der Waals surface area (Å²) in [6, 6.07) is 1.99. The maximum absolute atomic E-state index is 12.6. The van der Waals surface area contributed by atoms with E-state index < -0.39 is 0 Å². The minimum Gasteiger partial charge on any atom is -0.392 e. The number of hydrogen-bond acceptors (Lipinski definition) is 8. The largest absolute Gasteiger partial charge is 0.392 e. The number of nitrogens with zero attached hydrogens (tertiary/aromatic N) is 5. The number of β-amino-alcohol motifs (C(OH)–C–C–N with tert-alkyl or cyclic N) is 1. The van der Waals surface area contributed by atoms with Gasteiger partial charge < -0.3 is 19.6 Å². The Balaban J connectivity index is 1.47. The van der Waals surface area contributed by atoms with Gasteiger partial charge in [-0.2, -0.15) is 4.98 Å². The molecule has 4 rings (SSSR count). The van der Waals surface area contributed by atoms with Gasteiger partial charge in [0.15, 0.2) is 5.82 Å². The number of ether oxygens (including phenoxy) is 1. The van der Waals surface area contributed by atoms with Gasteiger partial charge in [-0.15, -0.1) is 11.3 Å². The molecule has 2 aliphatic rings. The van der Waals surface area contributed by atoms with Crippen molar-refractivity contribution in [1.29, 1.82) is 0 Å². The molecule has 2 saturated heterocycles. The quantitative estimate of drug-likeness (QED) is 0.708. The van der Waals surface area contributed by atoms with E-state index >= 15 is 0 Å². The summed E-state index contributed by atoms with van der Waals surface area (Å²) in [4.78, 5) is 28.5. The summed E-state index contributed by atoms with van der Waals surface area (Å²) in [6.45, 7) is 5.16. The number of halogens is 1. The molecule has 1 unspecified atom stereocenters. The predicted molar refractivity (Wildman–Crippen MR) is 114 cm³/mol. The molecule has 0 aromatic carbocycles. The molecule has 0 radical (unpaired) electrons. The van der Waals surface area contributed by atoms with Gasteiger partial charge in [0.25, 0.3) is 0 Å². The number of piperidine rings is 1. The number of morpholine rings is 1. The van der Waals surface area contributed by atoms with E-state index in [4.69, 9.17) is 16.3 Å². The Labute approximate surface area is 179 Å². The van der Waals surface area contributed by atoms with Gasteiger partial charge in [0, 0.05) is 31.6 Å². The van der Waals surface area contributed by atoms with Gasteiger partial charge in [0.1, 0.15) is 0 Å². The molecule has 10 heteroatoms. The van der Waals surface area contributed by atoms with E-state index in [0.29, 0.717) is 32.8 Å². The first-order valence-electron chi connectivity index (χ1n) is 9.92. The summed E-state index contributed by atoms with van der Waals surface area (Å²) in [5.74, 6) is 0.893. The highest BCUT2D eigenvalue weighted by Crippen LogP contribution is 2.33. The van der Waals surface area contributed by atoms with Crippen LogP contribution in [0.5, 0.6) is 0 Å². The monoisotopic (exact) mass is 439 g/mol. The number of rotatable bonds is 5. The average Bonchev–Trinajstić information content (AvgIpc) is 3.10. The van der Waals surface area contributed by atoms with Crippen LogP contribution in [0, 0.1) is 0 Å². The molecule has 0 spiro atoms. The van der Waals surface area contributed by atoms with Gasteiger partial charge in [-0.1, -0.05) is 0 Å². The van der Waals surface area contributed by atoms with E-state index in [1.807, 2.05) is 18.0 Å². The van der Waals surface area contributed by atoms with Crippen molar-refractivity contribution in [3.05, 3.63) is 16.2 Å². The van der Waals surface area contributed by atoms with Gasteiger partial charge in [0.2, 0.25) is 11.2 Å². The lowest BCUT2D eigenvalue weighted by Gasteiger charge is -2.30. The molecular formula is C19H26ClN5O3S. The average molecular weight is 440 g/mol. The smallest absolute Gasteiger partial charge is 0.236 e. The fourth-order valence-electron chi connectivity index (χ4n) is 3.81. The Morgan fingerprint density at radius 3 is 2.93 bits per heavy atom. The van der Waals surface area contributed by atoms with Crippen LogP contribution < -0.4 is 4.90 Å². The van der Waals surface area contributed by atoms with E-state index in [-0.39, 0.29) is 17.3 Å². The lowest BCUT2D eigenvalue weighted by molar-refractivity contribution is -0.132. The number of amides is 1. The molecule has 2 aromatic heterocycles. The molecule has 2 aliphatic heterocycles. The van der Waals surface area contributed by atoms with Crippen molar-refractivity contribution >= 4 is 44.9 Å². The van der Waals surface area contributed by atoms with Crippen molar-refractivity contribution in [2.24, 2.45) is 0 Å².